The second kappa shape index (κ2) is 6.17. The number of hydrogen-bond acceptors (Lipinski definition) is 3. The summed E-state index contributed by atoms with van der Waals surface area (Å²) in [4.78, 5) is 2.45. The van der Waals surface area contributed by atoms with Gasteiger partial charge in [-0.2, -0.15) is 5.26 Å². The highest BCUT2D eigenvalue weighted by Gasteiger charge is 2.19. The molecule has 2 N–H and O–H groups in total. The molecule has 0 saturated heterocycles. The number of anilines is 2. The lowest BCUT2D eigenvalue weighted by Crippen LogP contribution is -2.30. The lowest BCUT2D eigenvalue weighted by molar-refractivity contribution is 0.426. The summed E-state index contributed by atoms with van der Waals surface area (Å²) in [5.74, 6) is 0. The third-order valence-corrected chi connectivity index (χ3v) is 4.17. The maximum atomic E-state index is 9.03. The molecule has 3 nitrogen and oxygen atoms in total. The minimum Gasteiger partial charge on any atom is -0.398 e. The van der Waals surface area contributed by atoms with Crippen molar-refractivity contribution in [1.82, 2.24) is 0 Å². The van der Waals surface area contributed by atoms with Crippen LogP contribution in [-0.4, -0.2) is 13.1 Å². The largest absolute Gasteiger partial charge is 0.398 e. The Kier molecular flexibility index (Phi) is 4.54. The lowest BCUT2D eigenvalue weighted by atomic mass is 9.89. The van der Waals surface area contributed by atoms with Gasteiger partial charge in [0.25, 0.3) is 0 Å². The first-order chi connectivity index (χ1) is 9.53. The van der Waals surface area contributed by atoms with E-state index in [9.17, 15) is 0 Å². The Bertz CT molecular complexity index is 499. The molecule has 1 aliphatic heterocycles. The van der Waals surface area contributed by atoms with E-state index < -0.39 is 0 Å². The predicted octanol–water partition coefficient (Wildman–Crippen LogP) is 3.74. The standard InChI is InChI=1S/C17H25N3/c1-17(2,13-18)10-3-4-11-20-12-6-7-14-15(19)8-5-9-16(14)20/h5,8-9H,3-4,6-7,10-12,19H2,1-2H3. The maximum absolute atomic E-state index is 9.03. The van der Waals surface area contributed by atoms with Gasteiger partial charge in [-0.3, -0.25) is 0 Å². The average Bonchev–Trinajstić information content (AvgIpc) is 2.44. The van der Waals surface area contributed by atoms with E-state index in [1.165, 1.54) is 17.7 Å². The van der Waals surface area contributed by atoms with Crippen LogP contribution in [0.1, 0.15) is 45.1 Å². The van der Waals surface area contributed by atoms with Crippen LogP contribution in [0, 0.1) is 16.7 Å². The first kappa shape index (κ1) is 14.7. The van der Waals surface area contributed by atoms with Gasteiger partial charge in [-0.25, -0.2) is 0 Å². The van der Waals surface area contributed by atoms with Crippen molar-refractivity contribution in [1.29, 1.82) is 5.26 Å². The van der Waals surface area contributed by atoms with Crippen molar-refractivity contribution >= 4 is 11.4 Å². The van der Waals surface area contributed by atoms with Gasteiger partial charge in [-0.1, -0.05) is 12.5 Å². The highest BCUT2D eigenvalue weighted by Crippen LogP contribution is 2.31. The predicted molar refractivity (Wildman–Crippen MR) is 84.6 cm³/mol. The van der Waals surface area contributed by atoms with Crippen molar-refractivity contribution in [3.8, 4) is 6.07 Å². The van der Waals surface area contributed by atoms with Crippen molar-refractivity contribution in [2.24, 2.45) is 5.41 Å². The van der Waals surface area contributed by atoms with Gasteiger partial charge in [-0.05, 0) is 57.2 Å². The number of hydrogen-bond donors (Lipinski definition) is 1. The van der Waals surface area contributed by atoms with Gasteiger partial charge in [0.15, 0.2) is 0 Å². The Hall–Kier alpha value is -1.69. The van der Waals surface area contributed by atoms with Crippen LogP contribution in [0.4, 0.5) is 11.4 Å². The Labute approximate surface area is 122 Å². The molecule has 0 spiro atoms. The van der Waals surface area contributed by atoms with Crippen LogP contribution in [-0.2, 0) is 6.42 Å². The van der Waals surface area contributed by atoms with Crippen LogP contribution in [0.2, 0.25) is 0 Å². The molecule has 1 heterocycles. The normalized spacial score (nSPS) is 14.8. The van der Waals surface area contributed by atoms with Crippen LogP contribution in [0.5, 0.6) is 0 Å². The molecule has 0 atom stereocenters. The van der Waals surface area contributed by atoms with Crippen LogP contribution < -0.4 is 10.6 Å². The molecule has 0 amide bonds. The van der Waals surface area contributed by atoms with Crippen LogP contribution >= 0.6 is 0 Å². The van der Waals surface area contributed by atoms with E-state index in [0.29, 0.717) is 0 Å². The number of benzene rings is 1. The zero-order chi connectivity index (χ0) is 14.6. The fourth-order valence-electron chi connectivity index (χ4n) is 2.89. The first-order valence-electron chi connectivity index (χ1n) is 7.57. The fraction of sp³-hybridized carbons (Fsp3) is 0.588. The number of nitrogens with zero attached hydrogens (tertiary/aromatic N) is 2. The van der Waals surface area contributed by atoms with E-state index in [1.54, 1.807) is 0 Å². The van der Waals surface area contributed by atoms with Crippen molar-refractivity contribution in [2.45, 2.75) is 46.0 Å². The molecule has 2 rings (SSSR count). The number of nitrogen functional groups attached to an aromatic ring is 1. The maximum Gasteiger partial charge on any atom is 0.0683 e. The smallest absolute Gasteiger partial charge is 0.0683 e. The summed E-state index contributed by atoms with van der Waals surface area (Å²) in [6.07, 6.45) is 5.50. The molecule has 3 heteroatoms. The Morgan fingerprint density at radius 2 is 2.15 bits per heavy atom. The molecular weight excluding hydrogens is 246 g/mol. The molecule has 0 fully saturated rings. The zero-order valence-corrected chi connectivity index (χ0v) is 12.7. The number of nitrogens with two attached hydrogens (primary N) is 1. The minimum atomic E-state index is -0.190. The summed E-state index contributed by atoms with van der Waals surface area (Å²) >= 11 is 0. The van der Waals surface area contributed by atoms with Crippen molar-refractivity contribution in [3.63, 3.8) is 0 Å². The van der Waals surface area contributed by atoms with Gasteiger partial charge in [0.1, 0.15) is 0 Å². The monoisotopic (exact) mass is 271 g/mol. The third-order valence-electron chi connectivity index (χ3n) is 4.17. The van der Waals surface area contributed by atoms with Crippen molar-refractivity contribution < 1.29 is 0 Å². The molecule has 0 aliphatic carbocycles. The number of rotatable bonds is 5. The molecular formula is C17H25N3. The van der Waals surface area contributed by atoms with Crippen LogP contribution in [0.15, 0.2) is 18.2 Å². The zero-order valence-electron chi connectivity index (χ0n) is 12.7. The molecule has 0 unspecified atom stereocenters. The fourth-order valence-corrected chi connectivity index (χ4v) is 2.89. The minimum absolute atomic E-state index is 0.190. The van der Waals surface area contributed by atoms with Crippen molar-refractivity contribution in [2.75, 3.05) is 23.7 Å². The first-order valence-corrected chi connectivity index (χ1v) is 7.57. The molecule has 0 bridgehead atoms. The summed E-state index contributed by atoms with van der Waals surface area (Å²) in [5.41, 5.74) is 9.44. The Morgan fingerprint density at radius 3 is 2.90 bits per heavy atom. The topological polar surface area (TPSA) is 53.0 Å². The van der Waals surface area contributed by atoms with Crippen LogP contribution in [0.25, 0.3) is 0 Å². The number of fused-ring (bicyclic) bond motifs is 1. The second-order valence-electron chi connectivity index (χ2n) is 6.39. The number of nitriles is 1. The SMILES string of the molecule is CC(C)(C#N)CCCCN1CCCc2c(N)cccc21. The molecule has 108 valence electrons. The van der Waals surface area contributed by atoms with Gasteiger partial charge in [-0.15, -0.1) is 0 Å². The highest BCUT2D eigenvalue weighted by molar-refractivity contribution is 5.66. The van der Waals surface area contributed by atoms with E-state index in [0.717, 1.165) is 44.5 Å². The Balaban J connectivity index is 1.90. The molecule has 1 aromatic rings. The van der Waals surface area contributed by atoms with Gasteiger partial charge in [0.2, 0.25) is 0 Å². The van der Waals surface area contributed by atoms with Gasteiger partial charge >= 0.3 is 0 Å². The lowest BCUT2D eigenvalue weighted by Gasteiger charge is -2.32. The van der Waals surface area contributed by atoms with E-state index in [4.69, 9.17) is 11.0 Å². The van der Waals surface area contributed by atoms with E-state index in [1.807, 2.05) is 26.0 Å². The summed E-state index contributed by atoms with van der Waals surface area (Å²) in [6.45, 7) is 6.23. The van der Waals surface area contributed by atoms with Gasteiger partial charge in [0.05, 0.1) is 11.5 Å². The summed E-state index contributed by atoms with van der Waals surface area (Å²) in [6, 6.07) is 8.60. The Morgan fingerprint density at radius 1 is 1.35 bits per heavy atom. The number of unbranched alkanes of at least 4 members (excludes halogenated alkanes) is 1. The average molecular weight is 271 g/mol. The molecule has 20 heavy (non-hydrogen) atoms. The quantitative estimate of drug-likeness (QED) is 0.655. The molecule has 1 aromatic carbocycles. The van der Waals surface area contributed by atoms with Gasteiger partial charge in [0, 0.05) is 24.5 Å². The van der Waals surface area contributed by atoms with E-state index in [2.05, 4.69) is 17.0 Å². The van der Waals surface area contributed by atoms with Gasteiger partial charge < -0.3 is 10.6 Å². The molecule has 1 aliphatic rings. The highest BCUT2D eigenvalue weighted by atomic mass is 15.1. The van der Waals surface area contributed by atoms with Crippen LogP contribution in [0.3, 0.4) is 0 Å². The second-order valence-corrected chi connectivity index (χ2v) is 6.39. The summed E-state index contributed by atoms with van der Waals surface area (Å²) < 4.78 is 0. The molecule has 0 saturated carbocycles. The molecule has 0 radical (unpaired) electrons. The summed E-state index contributed by atoms with van der Waals surface area (Å²) in [7, 11) is 0. The van der Waals surface area contributed by atoms with Crippen molar-refractivity contribution in [3.05, 3.63) is 23.8 Å². The third kappa shape index (κ3) is 3.45. The van der Waals surface area contributed by atoms with E-state index >= 15 is 0 Å². The van der Waals surface area contributed by atoms with E-state index in [-0.39, 0.29) is 5.41 Å². The molecule has 0 aromatic heterocycles. The summed E-state index contributed by atoms with van der Waals surface area (Å²) in [5, 5.41) is 9.03.